The molecule has 1 aliphatic heterocycles. The summed E-state index contributed by atoms with van der Waals surface area (Å²) in [5, 5.41) is 0. The van der Waals surface area contributed by atoms with Crippen molar-refractivity contribution in [2.75, 3.05) is 6.54 Å². The molecule has 1 atom stereocenters. The van der Waals surface area contributed by atoms with Gasteiger partial charge in [0.15, 0.2) is 0 Å². The summed E-state index contributed by atoms with van der Waals surface area (Å²) in [6.07, 6.45) is 3.73. The lowest BCUT2D eigenvalue weighted by atomic mass is 10.0. The fraction of sp³-hybridized carbons (Fsp3) is 0.353. The molecule has 5 nitrogen and oxygen atoms in total. The van der Waals surface area contributed by atoms with Gasteiger partial charge < -0.3 is 9.88 Å². The molecule has 23 heavy (non-hydrogen) atoms. The number of likely N-dealkylation sites (tertiary alicyclic amines) is 1. The molecular weight excluding hydrogens is 297 g/mol. The molecule has 2 aromatic rings. The number of carbonyl (C=O) groups is 1. The van der Waals surface area contributed by atoms with Gasteiger partial charge in [-0.1, -0.05) is 12.1 Å². The molecule has 1 aromatic carbocycles. The maximum absolute atomic E-state index is 13.0. The van der Waals surface area contributed by atoms with Crippen molar-refractivity contribution in [2.24, 2.45) is 0 Å². The lowest BCUT2D eigenvalue weighted by Crippen LogP contribution is -2.40. The van der Waals surface area contributed by atoms with Crippen molar-refractivity contribution in [3.63, 3.8) is 0 Å². The van der Waals surface area contributed by atoms with E-state index < -0.39 is 5.56 Å². The van der Waals surface area contributed by atoms with Gasteiger partial charge in [0.25, 0.3) is 11.5 Å². The number of carbonyl (C=O) groups excluding carboxylic acids is 1. The van der Waals surface area contributed by atoms with Crippen LogP contribution in [0.4, 0.5) is 4.39 Å². The van der Waals surface area contributed by atoms with Crippen LogP contribution in [0.25, 0.3) is 0 Å². The largest absolute Gasteiger partial charge is 0.335 e. The van der Waals surface area contributed by atoms with Crippen LogP contribution in [-0.2, 0) is 6.42 Å². The highest BCUT2D eigenvalue weighted by Gasteiger charge is 2.31. The van der Waals surface area contributed by atoms with Gasteiger partial charge >= 0.3 is 0 Å². The summed E-state index contributed by atoms with van der Waals surface area (Å²) in [6, 6.07) is 6.34. The minimum atomic E-state index is -0.407. The number of H-pyrrole nitrogens is 1. The first kappa shape index (κ1) is 15.4. The average Bonchev–Trinajstić information content (AvgIpc) is 2.97. The number of nitrogens with one attached hydrogen (secondary N) is 1. The van der Waals surface area contributed by atoms with Gasteiger partial charge in [0.2, 0.25) is 0 Å². The van der Waals surface area contributed by atoms with Crippen molar-refractivity contribution in [1.82, 2.24) is 14.9 Å². The molecule has 3 rings (SSSR count). The van der Waals surface area contributed by atoms with Crippen molar-refractivity contribution in [3.05, 3.63) is 63.6 Å². The summed E-state index contributed by atoms with van der Waals surface area (Å²) in [6.45, 7) is 2.28. The molecule has 0 spiro atoms. The van der Waals surface area contributed by atoms with Gasteiger partial charge in [-0.25, -0.2) is 9.37 Å². The molecule has 1 unspecified atom stereocenters. The third kappa shape index (κ3) is 3.16. The van der Waals surface area contributed by atoms with E-state index in [1.807, 2.05) is 0 Å². The normalized spacial score (nSPS) is 17.5. The van der Waals surface area contributed by atoms with E-state index >= 15 is 0 Å². The van der Waals surface area contributed by atoms with Gasteiger partial charge in [-0.3, -0.25) is 9.59 Å². The van der Waals surface area contributed by atoms with Crippen molar-refractivity contribution in [2.45, 2.75) is 32.2 Å². The Kier molecular flexibility index (Phi) is 4.23. The van der Waals surface area contributed by atoms with Crippen LogP contribution < -0.4 is 5.56 Å². The van der Waals surface area contributed by atoms with E-state index in [9.17, 15) is 14.0 Å². The van der Waals surface area contributed by atoms with Gasteiger partial charge in [0, 0.05) is 12.6 Å². The zero-order valence-electron chi connectivity index (χ0n) is 12.9. The van der Waals surface area contributed by atoms with Crippen LogP contribution in [0.5, 0.6) is 0 Å². The molecule has 1 saturated heterocycles. The number of aryl methyl sites for hydroxylation is 1. The maximum atomic E-state index is 13.0. The van der Waals surface area contributed by atoms with Gasteiger partial charge in [-0.15, -0.1) is 0 Å². The lowest BCUT2D eigenvalue weighted by Gasteiger charge is -2.25. The fourth-order valence-electron chi connectivity index (χ4n) is 3.09. The van der Waals surface area contributed by atoms with E-state index in [2.05, 4.69) is 9.97 Å². The van der Waals surface area contributed by atoms with Gasteiger partial charge in [-0.2, -0.15) is 0 Å². The van der Waals surface area contributed by atoms with Gasteiger partial charge in [0.05, 0.1) is 12.0 Å². The smallest absolute Gasteiger partial charge is 0.263 e. The Hall–Kier alpha value is -2.50. The third-order valence-electron chi connectivity index (χ3n) is 4.28. The second-order valence-electron chi connectivity index (χ2n) is 5.82. The predicted molar refractivity (Wildman–Crippen MR) is 83.8 cm³/mol. The number of rotatable bonds is 3. The summed E-state index contributed by atoms with van der Waals surface area (Å²) in [7, 11) is 0. The molecule has 1 N–H and O–H groups in total. The number of nitrogens with zero attached hydrogens (tertiary/aromatic N) is 2. The molecule has 1 amide bonds. The van der Waals surface area contributed by atoms with Gasteiger partial charge in [-0.05, 0) is 43.9 Å². The zero-order chi connectivity index (χ0) is 16.4. The topological polar surface area (TPSA) is 66.1 Å². The Morgan fingerprint density at radius 3 is 2.83 bits per heavy atom. The van der Waals surface area contributed by atoms with E-state index in [-0.39, 0.29) is 23.3 Å². The van der Waals surface area contributed by atoms with Crippen molar-refractivity contribution >= 4 is 5.91 Å². The first-order chi connectivity index (χ1) is 11.1. The molecule has 6 heteroatoms. The van der Waals surface area contributed by atoms with E-state index in [0.29, 0.717) is 18.7 Å². The molecule has 120 valence electrons. The Morgan fingerprint density at radius 2 is 2.13 bits per heavy atom. The Labute approximate surface area is 133 Å². The molecule has 0 radical (unpaired) electrons. The molecule has 0 saturated carbocycles. The van der Waals surface area contributed by atoms with Crippen LogP contribution in [0.3, 0.4) is 0 Å². The quantitative estimate of drug-likeness (QED) is 0.943. The second-order valence-corrected chi connectivity index (χ2v) is 5.82. The number of amides is 1. The number of benzene rings is 1. The molecule has 0 bridgehead atoms. The highest BCUT2D eigenvalue weighted by molar-refractivity contribution is 5.95. The van der Waals surface area contributed by atoms with Crippen molar-refractivity contribution < 1.29 is 9.18 Å². The minimum Gasteiger partial charge on any atom is -0.335 e. The monoisotopic (exact) mass is 315 g/mol. The number of hydrogen-bond acceptors (Lipinski definition) is 3. The Morgan fingerprint density at radius 1 is 1.39 bits per heavy atom. The van der Waals surface area contributed by atoms with Crippen LogP contribution in [0, 0.1) is 12.7 Å². The predicted octanol–water partition coefficient (Wildman–Crippen LogP) is 2.06. The third-order valence-corrected chi connectivity index (χ3v) is 4.28. The first-order valence-corrected chi connectivity index (χ1v) is 7.66. The lowest BCUT2D eigenvalue weighted by molar-refractivity contribution is 0.0733. The summed E-state index contributed by atoms with van der Waals surface area (Å²) >= 11 is 0. The van der Waals surface area contributed by atoms with Crippen LogP contribution in [0.2, 0.25) is 0 Å². The van der Waals surface area contributed by atoms with E-state index in [1.165, 1.54) is 18.5 Å². The van der Waals surface area contributed by atoms with Crippen LogP contribution in [-0.4, -0.2) is 33.4 Å². The first-order valence-electron chi connectivity index (χ1n) is 7.66. The second kappa shape index (κ2) is 6.32. The minimum absolute atomic E-state index is 0.0203. The standard InChI is InChI=1S/C17H18FN3O2/c1-11-15(16(22)20-10-19-11)17(23)21-8-2-3-14(21)9-12-4-6-13(18)7-5-12/h4-7,10,14H,2-3,8-9H2,1H3,(H,19,20,22). The van der Waals surface area contributed by atoms with E-state index in [4.69, 9.17) is 0 Å². The summed E-state index contributed by atoms with van der Waals surface area (Å²) < 4.78 is 13.0. The van der Waals surface area contributed by atoms with E-state index in [0.717, 1.165) is 18.4 Å². The Balaban J connectivity index is 1.82. The summed E-state index contributed by atoms with van der Waals surface area (Å²) in [5.41, 5.74) is 1.12. The highest BCUT2D eigenvalue weighted by Crippen LogP contribution is 2.23. The van der Waals surface area contributed by atoms with E-state index in [1.54, 1.807) is 24.0 Å². The average molecular weight is 315 g/mol. The summed E-state index contributed by atoms with van der Waals surface area (Å²) in [5.74, 6) is -0.549. The molecule has 1 fully saturated rings. The molecule has 1 aromatic heterocycles. The summed E-state index contributed by atoms with van der Waals surface area (Å²) in [4.78, 5) is 32.9. The van der Waals surface area contributed by atoms with Crippen molar-refractivity contribution in [1.29, 1.82) is 0 Å². The van der Waals surface area contributed by atoms with Gasteiger partial charge in [0.1, 0.15) is 11.4 Å². The van der Waals surface area contributed by atoms with Crippen LogP contribution in [0.15, 0.2) is 35.4 Å². The molecule has 1 aliphatic rings. The Bertz CT molecular complexity index is 770. The number of aromatic nitrogens is 2. The van der Waals surface area contributed by atoms with Crippen LogP contribution in [0.1, 0.15) is 34.5 Å². The SMILES string of the molecule is Cc1nc[nH]c(=O)c1C(=O)N1CCCC1Cc1ccc(F)cc1. The maximum Gasteiger partial charge on any atom is 0.263 e. The number of aromatic amines is 1. The van der Waals surface area contributed by atoms with Crippen LogP contribution >= 0.6 is 0 Å². The fourth-order valence-corrected chi connectivity index (χ4v) is 3.09. The highest BCUT2D eigenvalue weighted by atomic mass is 19.1. The number of hydrogen-bond donors (Lipinski definition) is 1. The molecule has 0 aliphatic carbocycles. The zero-order valence-corrected chi connectivity index (χ0v) is 12.9. The molecule has 2 heterocycles. The number of halogens is 1. The van der Waals surface area contributed by atoms with Crippen molar-refractivity contribution in [3.8, 4) is 0 Å². The molecular formula is C17H18FN3O2.